The Morgan fingerprint density at radius 3 is 2.69 bits per heavy atom. The number of carbonyl (C=O) groups is 1. The van der Waals surface area contributed by atoms with E-state index in [2.05, 4.69) is 0 Å². The van der Waals surface area contributed by atoms with Crippen molar-refractivity contribution in [2.45, 2.75) is 19.3 Å². The Hall–Kier alpha value is -2.11. The second-order valence-corrected chi connectivity index (χ2v) is 3.36. The number of primary amides is 1. The van der Waals surface area contributed by atoms with Crippen molar-refractivity contribution in [3.8, 4) is 5.75 Å². The van der Waals surface area contributed by atoms with Crippen molar-refractivity contribution < 1.29 is 14.8 Å². The molecule has 1 amide bonds. The van der Waals surface area contributed by atoms with Gasteiger partial charge in [0, 0.05) is 17.7 Å². The van der Waals surface area contributed by atoms with Gasteiger partial charge in [-0.3, -0.25) is 14.9 Å². The zero-order chi connectivity index (χ0) is 12.3. The summed E-state index contributed by atoms with van der Waals surface area (Å²) in [7, 11) is 0. The van der Waals surface area contributed by atoms with E-state index < -0.39 is 16.7 Å². The van der Waals surface area contributed by atoms with E-state index >= 15 is 0 Å². The molecule has 0 aliphatic carbocycles. The first-order chi connectivity index (χ1) is 7.47. The van der Waals surface area contributed by atoms with Crippen molar-refractivity contribution in [1.29, 1.82) is 0 Å². The molecular weight excluding hydrogens is 212 g/mol. The molecule has 0 aromatic heterocycles. The van der Waals surface area contributed by atoms with E-state index in [1.54, 1.807) is 6.92 Å². The quantitative estimate of drug-likeness (QED) is 0.593. The molecule has 1 rings (SSSR count). The first-order valence-electron chi connectivity index (χ1n) is 4.74. The molecule has 86 valence electrons. The average Bonchev–Trinajstić information content (AvgIpc) is 2.20. The number of rotatable bonds is 4. The Kier molecular flexibility index (Phi) is 3.44. The maximum absolute atomic E-state index is 11.1. The van der Waals surface area contributed by atoms with Gasteiger partial charge in [-0.25, -0.2) is 0 Å². The van der Waals surface area contributed by atoms with E-state index in [9.17, 15) is 20.0 Å². The summed E-state index contributed by atoms with van der Waals surface area (Å²) in [6.45, 7) is 1.72. The number of nitro groups is 1. The van der Waals surface area contributed by atoms with Crippen LogP contribution in [0.2, 0.25) is 0 Å². The summed E-state index contributed by atoms with van der Waals surface area (Å²) < 4.78 is 0. The van der Waals surface area contributed by atoms with Crippen LogP contribution >= 0.6 is 0 Å². The minimum absolute atomic E-state index is 0.156. The molecule has 16 heavy (non-hydrogen) atoms. The fraction of sp³-hybridized carbons (Fsp3) is 0.300. The number of benzene rings is 1. The monoisotopic (exact) mass is 224 g/mol. The number of phenols is 1. The molecule has 0 fully saturated rings. The molecule has 0 saturated heterocycles. The van der Waals surface area contributed by atoms with E-state index in [1.165, 1.54) is 18.2 Å². The lowest BCUT2D eigenvalue weighted by Gasteiger charge is -2.12. The molecule has 0 heterocycles. The third-order valence-corrected chi connectivity index (χ3v) is 2.35. The first-order valence-corrected chi connectivity index (χ1v) is 4.74. The minimum atomic E-state index is -0.708. The highest BCUT2D eigenvalue weighted by atomic mass is 16.6. The van der Waals surface area contributed by atoms with E-state index in [-0.39, 0.29) is 17.0 Å². The number of hydrogen-bond acceptors (Lipinski definition) is 4. The summed E-state index contributed by atoms with van der Waals surface area (Å²) in [6.07, 6.45) is 0.379. The van der Waals surface area contributed by atoms with Gasteiger partial charge in [0.2, 0.25) is 5.91 Å². The smallest absolute Gasteiger partial charge is 0.269 e. The standard InChI is InChI=1S/C10H12N2O4/c1-2-7(10(11)14)8-5-6(12(15)16)3-4-9(8)13/h3-5,7,13H,2H2,1H3,(H2,11,14). The SMILES string of the molecule is CCC(C(N)=O)c1cc([N+](=O)[O-])ccc1O. The number of carbonyl (C=O) groups excluding carboxylic acids is 1. The van der Waals surface area contributed by atoms with Gasteiger partial charge in [0.15, 0.2) is 0 Å². The van der Waals surface area contributed by atoms with Crippen molar-refractivity contribution >= 4 is 11.6 Å². The Morgan fingerprint density at radius 1 is 1.62 bits per heavy atom. The number of phenolic OH excluding ortho intramolecular Hbond substituents is 1. The molecule has 6 nitrogen and oxygen atoms in total. The zero-order valence-electron chi connectivity index (χ0n) is 8.71. The predicted molar refractivity (Wildman–Crippen MR) is 57.0 cm³/mol. The van der Waals surface area contributed by atoms with Gasteiger partial charge in [0.25, 0.3) is 5.69 Å². The van der Waals surface area contributed by atoms with Crippen molar-refractivity contribution in [2.24, 2.45) is 5.73 Å². The molecule has 0 aliphatic heterocycles. The first kappa shape index (κ1) is 12.0. The molecule has 0 bridgehead atoms. The molecule has 0 saturated carbocycles. The molecule has 1 aromatic rings. The molecule has 0 aliphatic rings. The van der Waals surface area contributed by atoms with Crippen LogP contribution in [0.5, 0.6) is 5.75 Å². The van der Waals surface area contributed by atoms with Gasteiger partial charge in [0.1, 0.15) is 5.75 Å². The van der Waals surface area contributed by atoms with Gasteiger partial charge in [-0.05, 0) is 12.5 Å². The van der Waals surface area contributed by atoms with Crippen LogP contribution in [0.25, 0.3) is 0 Å². The summed E-state index contributed by atoms with van der Waals surface area (Å²) in [5, 5.41) is 20.1. The second-order valence-electron chi connectivity index (χ2n) is 3.36. The normalized spacial score (nSPS) is 12.1. The van der Waals surface area contributed by atoms with Crippen LogP contribution in [-0.4, -0.2) is 15.9 Å². The lowest BCUT2D eigenvalue weighted by Crippen LogP contribution is -2.20. The molecule has 0 radical (unpaired) electrons. The number of amides is 1. The van der Waals surface area contributed by atoms with E-state index in [4.69, 9.17) is 5.73 Å². The third-order valence-electron chi connectivity index (χ3n) is 2.35. The van der Waals surface area contributed by atoms with Crippen LogP contribution < -0.4 is 5.73 Å². The molecule has 1 atom stereocenters. The number of nitrogens with two attached hydrogens (primary N) is 1. The molecule has 1 aromatic carbocycles. The van der Waals surface area contributed by atoms with Crippen molar-refractivity contribution in [2.75, 3.05) is 0 Å². The fourth-order valence-electron chi connectivity index (χ4n) is 1.51. The Labute approximate surface area is 91.8 Å². The number of nitrogens with zero attached hydrogens (tertiary/aromatic N) is 1. The highest BCUT2D eigenvalue weighted by Gasteiger charge is 2.21. The maximum atomic E-state index is 11.1. The number of non-ortho nitro benzene ring substituents is 1. The van der Waals surface area contributed by atoms with Crippen LogP contribution in [0, 0.1) is 10.1 Å². The molecular formula is C10H12N2O4. The number of aromatic hydroxyl groups is 1. The summed E-state index contributed by atoms with van der Waals surface area (Å²) in [6, 6.07) is 3.54. The van der Waals surface area contributed by atoms with Crippen molar-refractivity contribution in [3.63, 3.8) is 0 Å². The largest absolute Gasteiger partial charge is 0.508 e. The molecule has 6 heteroatoms. The van der Waals surface area contributed by atoms with Gasteiger partial charge >= 0.3 is 0 Å². The maximum Gasteiger partial charge on any atom is 0.269 e. The number of nitro benzene ring substituents is 1. The minimum Gasteiger partial charge on any atom is -0.508 e. The number of hydrogen-bond donors (Lipinski definition) is 2. The van der Waals surface area contributed by atoms with Crippen LogP contribution in [0.1, 0.15) is 24.8 Å². The highest BCUT2D eigenvalue weighted by molar-refractivity contribution is 5.83. The highest BCUT2D eigenvalue weighted by Crippen LogP contribution is 2.31. The van der Waals surface area contributed by atoms with Crippen molar-refractivity contribution in [3.05, 3.63) is 33.9 Å². The summed E-state index contributed by atoms with van der Waals surface area (Å²) >= 11 is 0. The summed E-state index contributed by atoms with van der Waals surface area (Å²) in [5.74, 6) is -1.48. The van der Waals surface area contributed by atoms with Crippen LogP contribution in [0.3, 0.4) is 0 Å². The Morgan fingerprint density at radius 2 is 2.25 bits per heavy atom. The third kappa shape index (κ3) is 2.28. The lowest BCUT2D eigenvalue weighted by atomic mass is 9.94. The van der Waals surface area contributed by atoms with Gasteiger partial charge in [0.05, 0.1) is 10.8 Å². The second kappa shape index (κ2) is 4.61. The van der Waals surface area contributed by atoms with Crippen molar-refractivity contribution in [1.82, 2.24) is 0 Å². The van der Waals surface area contributed by atoms with Gasteiger partial charge < -0.3 is 10.8 Å². The van der Waals surface area contributed by atoms with Crippen LogP contribution in [0.15, 0.2) is 18.2 Å². The summed E-state index contributed by atoms with van der Waals surface area (Å²) in [4.78, 5) is 21.1. The molecule has 0 spiro atoms. The molecule has 1 unspecified atom stereocenters. The Balaban J connectivity index is 3.25. The van der Waals surface area contributed by atoms with Gasteiger partial charge in [-0.2, -0.15) is 0 Å². The fourth-order valence-corrected chi connectivity index (χ4v) is 1.51. The molecule has 3 N–H and O–H groups in total. The lowest BCUT2D eigenvalue weighted by molar-refractivity contribution is -0.384. The van der Waals surface area contributed by atoms with Gasteiger partial charge in [-0.15, -0.1) is 0 Å². The predicted octanol–water partition coefficient (Wildman–Crippen LogP) is 1.28. The van der Waals surface area contributed by atoms with Crippen LogP contribution in [0.4, 0.5) is 5.69 Å². The average molecular weight is 224 g/mol. The van der Waals surface area contributed by atoms with Crippen LogP contribution in [-0.2, 0) is 4.79 Å². The summed E-state index contributed by atoms with van der Waals surface area (Å²) in [5.41, 5.74) is 5.18. The van der Waals surface area contributed by atoms with E-state index in [0.29, 0.717) is 6.42 Å². The van der Waals surface area contributed by atoms with E-state index in [1.807, 2.05) is 0 Å². The van der Waals surface area contributed by atoms with Gasteiger partial charge in [-0.1, -0.05) is 6.92 Å². The topological polar surface area (TPSA) is 106 Å². The van der Waals surface area contributed by atoms with E-state index in [0.717, 1.165) is 0 Å². The Bertz CT molecular complexity index is 431. The zero-order valence-corrected chi connectivity index (χ0v) is 8.71.